The minimum absolute atomic E-state index is 0.0314. The number of aromatic nitrogens is 2. The molecule has 24 heavy (non-hydrogen) atoms. The number of nitrogens with one attached hydrogen (secondary N) is 1. The molecule has 2 rings (SSSR count). The molecule has 2 heterocycles. The minimum atomic E-state index is -4.53. The maximum absolute atomic E-state index is 12.7. The fourth-order valence-electron chi connectivity index (χ4n) is 2.68. The molecular formula is C15H21F3N4O2. The molecule has 0 aromatic carbocycles. The number of carbonyl (C=O) groups is 1. The molecular weight excluding hydrogens is 325 g/mol. The van der Waals surface area contributed by atoms with Gasteiger partial charge in [0.25, 0.3) is 0 Å². The average molecular weight is 346 g/mol. The SMILES string of the molecule is Cc1cc(C(F)(F)F)nc(CCNC(=O)[C@@H]2CN(C)CC[C@@H]2O)n1. The van der Waals surface area contributed by atoms with Gasteiger partial charge in [0.2, 0.25) is 5.91 Å². The van der Waals surface area contributed by atoms with Crippen LogP contribution in [0.5, 0.6) is 0 Å². The van der Waals surface area contributed by atoms with Crippen LogP contribution in [-0.2, 0) is 17.4 Å². The van der Waals surface area contributed by atoms with Gasteiger partial charge in [0.05, 0.1) is 12.0 Å². The van der Waals surface area contributed by atoms with E-state index in [0.29, 0.717) is 13.0 Å². The van der Waals surface area contributed by atoms with Crippen LogP contribution in [0.15, 0.2) is 6.07 Å². The third kappa shape index (κ3) is 4.88. The molecule has 1 aliphatic heterocycles. The van der Waals surface area contributed by atoms with Crippen molar-refractivity contribution < 1.29 is 23.1 Å². The first kappa shape index (κ1) is 18.6. The number of alkyl halides is 3. The van der Waals surface area contributed by atoms with Crippen LogP contribution in [0.1, 0.15) is 23.6 Å². The molecule has 1 saturated heterocycles. The molecule has 2 N–H and O–H groups in total. The second-order valence-corrected chi connectivity index (χ2v) is 6.07. The lowest BCUT2D eigenvalue weighted by Crippen LogP contribution is -2.49. The van der Waals surface area contributed by atoms with Gasteiger partial charge in [-0.25, -0.2) is 9.97 Å². The van der Waals surface area contributed by atoms with Crippen molar-refractivity contribution in [2.45, 2.75) is 32.0 Å². The summed E-state index contributed by atoms with van der Waals surface area (Å²) in [5.41, 5.74) is -0.761. The molecule has 9 heteroatoms. The minimum Gasteiger partial charge on any atom is -0.392 e. The quantitative estimate of drug-likeness (QED) is 0.842. The highest BCUT2D eigenvalue weighted by Gasteiger charge is 2.33. The molecule has 1 amide bonds. The van der Waals surface area contributed by atoms with Gasteiger partial charge in [0.1, 0.15) is 11.5 Å². The molecule has 0 saturated carbocycles. The Morgan fingerprint density at radius 1 is 1.46 bits per heavy atom. The summed E-state index contributed by atoms with van der Waals surface area (Å²) in [6.45, 7) is 2.76. The number of carbonyl (C=O) groups excluding carboxylic acids is 1. The van der Waals surface area contributed by atoms with Crippen molar-refractivity contribution >= 4 is 5.91 Å². The first-order valence-corrected chi connectivity index (χ1v) is 7.73. The van der Waals surface area contributed by atoms with Gasteiger partial charge in [-0.05, 0) is 26.5 Å². The molecule has 0 spiro atoms. The van der Waals surface area contributed by atoms with Crippen LogP contribution in [0.25, 0.3) is 0 Å². The first-order chi connectivity index (χ1) is 11.2. The van der Waals surface area contributed by atoms with Crippen LogP contribution in [0.4, 0.5) is 13.2 Å². The Labute approximate surface area is 138 Å². The molecule has 0 radical (unpaired) electrons. The van der Waals surface area contributed by atoms with Gasteiger partial charge < -0.3 is 15.3 Å². The topological polar surface area (TPSA) is 78.4 Å². The number of hydrogen-bond donors (Lipinski definition) is 2. The summed E-state index contributed by atoms with van der Waals surface area (Å²) in [4.78, 5) is 21.5. The number of piperidine rings is 1. The van der Waals surface area contributed by atoms with E-state index in [2.05, 4.69) is 15.3 Å². The highest BCUT2D eigenvalue weighted by Crippen LogP contribution is 2.27. The van der Waals surface area contributed by atoms with E-state index < -0.39 is 23.9 Å². The number of aliphatic hydroxyl groups is 1. The lowest BCUT2D eigenvalue weighted by molar-refractivity contribution is -0.141. The smallest absolute Gasteiger partial charge is 0.392 e. The van der Waals surface area contributed by atoms with Gasteiger partial charge in [-0.2, -0.15) is 13.2 Å². The lowest BCUT2D eigenvalue weighted by atomic mass is 9.94. The normalized spacial score (nSPS) is 22.4. The second-order valence-electron chi connectivity index (χ2n) is 6.07. The van der Waals surface area contributed by atoms with Gasteiger partial charge in [0.15, 0.2) is 0 Å². The molecule has 0 aliphatic carbocycles. The Morgan fingerprint density at radius 2 is 2.17 bits per heavy atom. The summed E-state index contributed by atoms with van der Waals surface area (Å²) in [6.07, 6.45) is -4.62. The predicted octanol–water partition coefficient (Wildman–Crippen LogP) is 0.775. The number of halogens is 3. The molecule has 6 nitrogen and oxygen atoms in total. The van der Waals surface area contributed by atoms with E-state index in [1.54, 1.807) is 0 Å². The molecule has 1 aromatic rings. The summed E-state index contributed by atoms with van der Waals surface area (Å²) in [7, 11) is 1.87. The van der Waals surface area contributed by atoms with Crippen molar-refractivity contribution in [1.29, 1.82) is 0 Å². The first-order valence-electron chi connectivity index (χ1n) is 7.73. The van der Waals surface area contributed by atoms with Crippen LogP contribution in [0.2, 0.25) is 0 Å². The monoisotopic (exact) mass is 346 g/mol. The largest absolute Gasteiger partial charge is 0.433 e. The summed E-state index contributed by atoms with van der Waals surface area (Å²) in [5, 5.41) is 12.5. The Balaban J connectivity index is 1.92. The molecule has 2 atom stereocenters. The summed E-state index contributed by atoms with van der Waals surface area (Å²) < 4.78 is 38.2. The van der Waals surface area contributed by atoms with Crippen molar-refractivity contribution in [3.8, 4) is 0 Å². The van der Waals surface area contributed by atoms with Crippen LogP contribution < -0.4 is 5.32 Å². The van der Waals surface area contributed by atoms with Crippen molar-refractivity contribution in [1.82, 2.24) is 20.2 Å². The zero-order valence-electron chi connectivity index (χ0n) is 13.6. The fourth-order valence-corrected chi connectivity index (χ4v) is 2.68. The number of hydrogen-bond acceptors (Lipinski definition) is 5. The third-order valence-corrected chi connectivity index (χ3v) is 3.95. The number of aliphatic hydroxyl groups excluding tert-OH is 1. The van der Waals surface area contributed by atoms with E-state index in [9.17, 15) is 23.1 Å². The van der Waals surface area contributed by atoms with Gasteiger partial charge >= 0.3 is 6.18 Å². The summed E-state index contributed by atoms with van der Waals surface area (Å²) in [5.74, 6) is -0.811. The van der Waals surface area contributed by atoms with Crippen molar-refractivity contribution in [2.75, 3.05) is 26.7 Å². The lowest BCUT2D eigenvalue weighted by Gasteiger charge is -2.32. The maximum atomic E-state index is 12.7. The molecule has 134 valence electrons. The zero-order chi connectivity index (χ0) is 17.9. The van der Waals surface area contributed by atoms with E-state index in [1.165, 1.54) is 6.92 Å². The second kappa shape index (κ2) is 7.43. The maximum Gasteiger partial charge on any atom is 0.433 e. The Kier molecular flexibility index (Phi) is 5.76. The highest BCUT2D eigenvalue weighted by atomic mass is 19.4. The van der Waals surface area contributed by atoms with Gasteiger partial charge in [-0.15, -0.1) is 0 Å². The average Bonchev–Trinajstić information content (AvgIpc) is 2.48. The number of amides is 1. The molecule has 1 fully saturated rings. The fraction of sp³-hybridized carbons (Fsp3) is 0.667. The Bertz CT molecular complexity index is 595. The van der Waals surface area contributed by atoms with Crippen LogP contribution in [0.3, 0.4) is 0 Å². The molecule has 1 aromatic heterocycles. The standard InChI is InChI=1S/C15H21F3N4O2/c1-9-7-12(15(16,17)18)21-13(20-9)3-5-19-14(24)10-8-22(2)6-4-11(10)23/h7,10-11,23H,3-6,8H2,1-2H3,(H,19,24)/t10-,11+/m1/s1. The molecule has 1 aliphatic rings. The van der Waals surface area contributed by atoms with Crippen LogP contribution in [0, 0.1) is 12.8 Å². The number of aryl methyl sites for hydroxylation is 1. The number of nitrogens with zero attached hydrogens (tertiary/aromatic N) is 3. The van der Waals surface area contributed by atoms with E-state index >= 15 is 0 Å². The van der Waals surface area contributed by atoms with Crippen molar-refractivity contribution in [3.05, 3.63) is 23.3 Å². The Morgan fingerprint density at radius 3 is 2.83 bits per heavy atom. The third-order valence-electron chi connectivity index (χ3n) is 3.95. The molecule has 0 bridgehead atoms. The van der Waals surface area contributed by atoms with Crippen molar-refractivity contribution in [2.24, 2.45) is 5.92 Å². The van der Waals surface area contributed by atoms with E-state index in [0.717, 1.165) is 12.6 Å². The summed E-state index contributed by atoms with van der Waals surface area (Å²) >= 11 is 0. The van der Waals surface area contributed by atoms with E-state index in [-0.39, 0.29) is 30.4 Å². The van der Waals surface area contributed by atoms with Gasteiger partial charge in [-0.1, -0.05) is 0 Å². The summed E-state index contributed by atoms with van der Waals surface area (Å²) in [6, 6.07) is 0.885. The van der Waals surface area contributed by atoms with Crippen LogP contribution >= 0.6 is 0 Å². The number of rotatable bonds is 4. The van der Waals surface area contributed by atoms with E-state index in [4.69, 9.17) is 0 Å². The Hall–Kier alpha value is -1.74. The zero-order valence-corrected chi connectivity index (χ0v) is 13.6. The predicted molar refractivity (Wildman–Crippen MR) is 80.1 cm³/mol. The molecule has 0 unspecified atom stereocenters. The van der Waals surface area contributed by atoms with Gasteiger partial charge in [-0.3, -0.25) is 4.79 Å². The highest BCUT2D eigenvalue weighted by molar-refractivity contribution is 5.79. The van der Waals surface area contributed by atoms with Crippen LogP contribution in [-0.4, -0.2) is 58.7 Å². The van der Waals surface area contributed by atoms with E-state index in [1.807, 2.05) is 11.9 Å². The van der Waals surface area contributed by atoms with Gasteiger partial charge in [0, 0.05) is 31.7 Å². The van der Waals surface area contributed by atoms with Crippen molar-refractivity contribution in [3.63, 3.8) is 0 Å². The number of likely N-dealkylation sites (tertiary alicyclic amines) is 1.